The standard InChI is InChI=1S/C14H23NO4/c1-14(2)10(11(14)13(18)19)12(17)15-7-3-5-9(15)6-4-8-16/h9-11,16H,3-8H2,1-2H3,(H,18,19). The van der Waals surface area contributed by atoms with Crippen LogP contribution in [0.1, 0.15) is 39.5 Å². The Kier molecular flexibility index (Phi) is 3.85. The zero-order valence-corrected chi connectivity index (χ0v) is 11.6. The van der Waals surface area contributed by atoms with Crippen LogP contribution in [0.2, 0.25) is 0 Å². The van der Waals surface area contributed by atoms with Crippen LogP contribution in [0.5, 0.6) is 0 Å². The molecule has 0 radical (unpaired) electrons. The number of likely N-dealkylation sites (tertiary alicyclic amines) is 1. The van der Waals surface area contributed by atoms with Crippen molar-refractivity contribution >= 4 is 11.9 Å². The van der Waals surface area contributed by atoms with Crippen molar-refractivity contribution in [1.29, 1.82) is 0 Å². The number of aliphatic carboxylic acids is 1. The third-order valence-corrected chi connectivity index (χ3v) is 4.72. The van der Waals surface area contributed by atoms with E-state index < -0.39 is 17.3 Å². The average molecular weight is 269 g/mol. The van der Waals surface area contributed by atoms with Gasteiger partial charge in [0.05, 0.1) is 11.8 Å². The summed E-state index contributed by atoms with van der Waals surface area (Å²) in [7, 11) is 0. The Labute approximate surface area is 113 Å². The minimum absolute atomic E-state index is 0.00200. The molecule has 3 unspecified atom stereocenters. The molecular weight excluding hydrogens is 246 g/mol. The molecule has 0 aromatic rings. The maximum absolute atomic E-state index is 12.5. The molecule has 0 spiro atoms. The third-order valence-electron chi connectivity index (χ3n) is 4.72. The first-order valence-corrected chi connectivity index (χ1v) is 7.05. The molecule has 1 aliphatic carbocycles. The Morgan fingerprint density at radius 3 is 2.53 bits per heavy atom. The molecule has 2 fully saturated rings. The molecule has 5 heteroatoms. The van der Waals surface area contributed by atoms with Crippen molar-refractivity contribution < 1.29 is 19.8 Å². The van der Waals surface area contributed by atoms with Crippen LogP contribution in [-0.4, -0.2) is 46.2 Å². The largest absolute Gasteiger partial charge is 0.481 e. The number of amides is 1. The minimum Gasteiger partial charge on any atom is -0.481 e. The molecule has 0 aromatic carbocycles. The van der Waals surface area contributed by atoms with E-state index in [4.69, 9.17) is 10.2 Å². The number of carbonyl (C=O) groups excluding carboxylic acids is 1. The van der Waals surface area contributed by atoms with Crippen LogP contribution in [0.25, 0.3) is 0 Å². The fourth-order valence-electron chi connectivity index (χ4n) is 3.49. The van der Waals surface area contributed by atoms with Crippen LogP contribution in [0, 0.1) is 17.3 Å². The van der Waals surface area contributed by atoms with Gasteiger partial charge in [0.25, 0.3) is 0 Å². The molecule has 1 saturated heterocycles. The number of aliphatic hydroxyl groups excluding tert-OH is 1. The van der Waals surface area contributed by atoms with Crippen molar-refractivity contribution in [2.75, 3.05) is 13.2 Å². The molecule has 2 rings (SSSR count). The Balaban J connectivity index is 2.02. The van der Waals surface area contributed by atoms with Crippen LogP contribution in [-0.2, 0) is 9.59 Å². The summed E-state index contributed by atoms with van der Waals surface area (Å²) in [5, 5.41) is 18.0. The third kappa shape index (κ3) is 2.48. The van der Waals surface area contributed by atoms with Gasteiger partial charge in [-0.05, 0) is 31.1 Å². The van der Waals surface area contributed by atoms with Crippen molar-refractivity contribution in [3.8, 4) is 0 Å². The molecule has 1 aliphatic heterocycles. The van der Waals surface area contributed by atoms with Crippen molar-refractivity contribution in [1.82, 2.24) is 4.90 Å². The Hall–Kier alpha value is -1.10. The Morgan fingerprint density at radius 2 is 2.00 bits per heavy atom. The highest BCUT2D eigenvalue weighted by Crippen LogP contribution is 2.59. The molecule has 108 valence electrons. The monoisotopic (exact) mass is 269 g/mol. The van der Waals surface area contributed by atoms with Gasteiger partial charge >= 0.3 is 5.97 Å². The lowest BCUT2D eigenvalue weighted by Crippen LogP contribution is -2.37. The molecule has 19 heavy (non-hydrogen) atoms. The van der Waals surface area contributed by atoms with Gasteiger partial charge in [-0.25, -0.2) is 0 Å². The molecule has 1 saturated carbocycles. The van der Waals surface area contributed by atoms with Crippen molar-refractivity contribution in [2.24, 2.45) is 17.3 Å². The summed E-state index contributed by atoms with van der Waals surface area (Å²) in [5.74, 6) is -1.79. The fourth-order valence-corrected chi connectivity index (χ4v) is 3.49. The molecule has 2 N–H and O–H groups in total. The van der Waals surface area contributed by atoms with Crippen LogP contribution in [0.4, 0.5) is 0 Å². The van der Waals surface area contributed by atoms with Gasteiger partial charge < -0.3 is 15.1 Å². The summed E-state index contributed by atoms with van der Waals surface area (Å²) >= 11 is 0. The van der Waals surface area contributed by atoms with Crippen molar-refractivity contribution in [3.05, 3.63) is 0 Å². The van der Waals surface area contributed by atoms with Crippen molar-refractivity contribution in [3.63, 3.8) is 0 Å². The number of aliphatic hydroxyl groups is 1. The molecule has 2 aliphatic rings. The number of nitrogens with zero attached hydrogens (tertiary/aromatic N) is 1. The van der Waals surface area contributed by atoms with Crippen LogP contribution in [0.15, 0.2) is 0 Å². The van der Waals surface area contributed by atoms with Crippen LogP contribution >= 0.6 is 0 Å². The second-order valence-corrected chi connectivity index (χ2v) is 6.31. The average Bonchev–Trinajstić information content (AvgIpc) is 2.73. The van der Waals surface area contributed by atoms with Crippen LogP contribution < -0.4 is 0 Å². The number of hydrogen-bond donors (Lipinski definition) is 2. The van der Waals surface area contributed by atoms with Gasteiger partial charge in [-0.3, -0.25) is 9.59 Å². The molecule has 3 atom stereocenters. The highest BCUT2D eigenvalue weighted by atomic mass is 16.4. The zero-order chi connectivity index (χ0) is 14.2. The smallest absolute Gasteiger partial charge is 0.307 e. The van der Waals surface area contributed by atoms with Crippen LogP contribution in [0.3, 0.4) is 0 Å². The second-order valence-electron chi connectivity index (χ2n) is 6.31. The summed E-state index contributed by atoms with van der Waals surface area (Å²) in [6.45, 7) is 4.58. The molecule has 5 nitrogen and oxygen atoms in total. The van der Waals surface area contributed by atoms with Gasteiger partial charge in [0, 0.05) is 19.2 Å². The maximum Gasteiger partial charge on any atom is 0.307 e. The number of rotatable bonds is 5. The quantitative estimate of drug-likeness (QED) is 0.783. The number of hydrogen-bond acceptors (Lipinski definition) is 3. The topological polar surface area (TPSA) is 77.8 Å². The first kappa shape index (κ1) is 14.3. The van der Waals surface area contributed by atoms with Gasteiger partial charge in [-0.1, -0.05) is 13.8 Å². The fraction of sp³-hybridized carbons (Fsp3) is 0.857. The number of carboxylic acids is 1. The maximum atomic E-state index is 12.5. The predicted octanol–water partition coefficient (Wildman–Crippen LogP) is 1.11. The minimum atomic E-state index is -0.866. The van der Waals surface area contributed by atoms with E-state index in [1.807, 2.05) is 18.7 Å². The van der Waals surface area contributed by atoms with E-state index >= 15 is 0 Å². The lowest BCUT2D eigenvalue weighted by molar-refractivity contribution is -0.142. The molecular formula is C14H23NO4. The Bertz CT molecular complexity index is 380. The molecule has 1 amide bonds. The van der Waals surface area contributed by atoms with Crippen molar-refractivity contribution in [2.45, 2.75) is 45.6 Å². The van der Waals surface area contributed by atoms with E-state index in [0.29, 0.717) is 6.42 Å². The second kappa shape index (κ2) is 5.12. The first-order valence-electron chi connectivity index (χ1n) is 7.05. The van der Waals surface area contributed by atoms with Gasteiger partial charge in [0.2, 0.25) is 5.91 Å². The highest BCUT2D eigenvalue weighted by molar-refractivity contribution is 5.92. The normalized spacial score (nSPS) is 32.4. The summed E-state index contributed by atoms with van der Waals surface area (Å²) in [6.07, 6.45) is 3.46. The summed E-state index contributed by atoms with van der Waals surface area (Å²) < 4.78 is 0. The van der Waals surface area contributed by atoms with E-state index in [9.17, 15) is 9.59 Å². The SMILES string of the molecule is CC1(C)C(C(=O)O)C1C(=O)N1CCCC1CCCO. The van der Waals surface area contributed by atoms with Gasteiger partial charge in [-0.15, -0.1) is 0 Å². The van der Waals surface area contributed by atoms with Gasteiger partial charge in [-0.2, -0.15) is 0 Å². The zero-order valence-electron chi connectivity index (χ0n) is 11.6. The Morgan fingerprint density at radius 1 is 1.32 bits per heavy atom. The van der Waals surface area contributed by atoms with E-state index in [2.05, 4.69) is 0 Å². The molecule has 1 heterocycles. The number of carboxylic acid groups (broad SMARTS) is 1. The van der Waals surface area contributed by atoms with E-state index in [1.54, 1.807) is 0 Å². The van der Waals surface area contributed by atoms with Gasteiger partial charge in [0.15, 0.2) is 0 Å². The van der Waals surface area contributed by atoms with E-state index in [-0.39, 0.29) is 24.5 Å². The summed E-state index contributed by atoms with van der Waals surface area (Å²) in [6, 6.07) is 0.186. The predicted molar refractivity (Wildman–Crippen MR) is 69.5 cm³/mol. The molecule has 0 bridgehead atoms. The lowest BCUT2D eigenvalue weighted by Gasteiger charge is -2.25. The number of carbonyl (C=O) groups is 2. The summed E-state index contributed by atoms with van der Waals surface area (Å²) in [4.78, 5) is 25.5. The highest BCUT2D eigenvalue weighted by Gasteiger charge is 2.67. The molecule has 0 aromatic heterocycles. The van der Waals surface area contributed by atoms with E-state index in [0.717, 1.165) is 25.8 Å². The first-order chi connectivity index (χ1) is 8.91. The summed E-state index contributed by atoms with van der Waals surface area (Å²) in [5.41, 5.74) is -0.424. The van der Waals surface area contributed by atoms with Gasteiger partial charge in [0.1, 0.15) is 0 Å². The van der Waals surface area contributed by atoms with E-state index in [1.165, 1.54) is 0 Å². The lowest BCUT2D eigenvalue weighted by atomic mass is 10.1.